The predicted octanol–water partition coefficient (Wildman–Crippen LogP) is 4.67. The second kappa shape index (κ2) is 6.77. The summed E-state index contributed by atoms with van der Waals surface area (Å²) in [5.41, 5.74) is 4.81. The average molecular weight is 356 g/mol. The fraction of sp³-hybridized carbons (Fsp3) is 0.438. The summed E-state index contributed by atoms with van der Waals surface area (Å²) in [6.07, 6.45) is 1.77. The van der Waals surface area contributed by atoms with Gasteiger partial charge < -0.3 is 0 Å². The van der Waals surface area contributed by atoms with Gasteiger partial charge in [0.1, 0.15) is 0 Å². The Hall–Kier alpha value is -0.800. The fourth-order valence-corrected chi connectivity index (χ4v) is 3.52. The van der Waals surface area contributed by atoms with Gasteiger partial charge >= 0.3 is 0 Å². The Balaban J connectivity index is 2.32. The topological polar surface area (TPSA) is 17.8 Å². The van der Waals surface area contributed by atoms with Crippen LogP contribution in [0.15, 0.2) is 24.3 Å². The van der Waals surface area contributed by atoms with Crippen LogP contribution in [0.2, 0.25) is 5.02 Å². The van der Waals surface area contributed by atoms with Gasteiger partial charge in [-0.15, -0.1) is 0 Å². The molecule has 0 N–H and O–H groups in total. The van der Waals surface area contributed by atoms with Crippen molar-refractivity contribution in [2.75, 3.05) is 5.33 Å². The molecule has 0 amide bonds. The molecule has 0 aliphatic rings. The van der Waals surface area contributed by atoms with Crippen molar-refractivity contribution in [1.82, 2.24) is 9.78 Å². The van der Waals surface area contributed by atoms with Crippen LogP contribution >= 0.6 is 27.5 Å². The second-order valence-electron chi connectivity index (χ2n) is 5.10. The van der Waals surface area contributed by atoms with E-state index in [0.717, 1.165) is 34.6 Å². The van der Waals surface area contributed by atoms with Gasteiger partial charge in [-0.05, 0) is 36.8 Å². The van der Waals surface area contributed by atoms with E-state index in [1.54, 1.807) is 0 Å². The molecule has 0 spiro atoms. The summed E-state index contributed by atoms with van der Waals surface area (Å²) in [4.78, 5) is 0. The number of hydrogen-bond acceptors (Lipinski definition) is 1. The van der Waals surface area contributed by atoms with Crippen molar-refractivity contribution in [2.24, 2.45) is 7.05 Å². The van der Waals surface area contributed by atoms with Crippen molar-refractivity contribution < 1.29 is 0 Å². The molecule has 1 atom stereocenters. The van der Waals surface area contributed by atoms with Crippen LogP contribution in [0, 0.1) is 6.92 Å². The van der Waals surface area contributed by atoms with Gasteiger partial charge in [0.25, 0.3) is 0 Å². The highest BCUT2D eigenvalue weighted by molar-refractivity contribution is 9.09. The lowest BCUT2D eigenvalue weighted by Crippen LogP contribution is -2.10. The summed E-state index contributed by atoms with van der Waals surface area (Å²) in [6.45, 7) is 4.24. The Kier molecular flexibility index (Phi) is 5.28. The molecule has 0 saturated heterocycles. The molecule has 2 aromatic rings. The molecule has 4 heteroatoms. The molecule has 108 valence electrons. The molecule has 1 aromatic carbocycles. The van der Waals surface area contributed by atoms with Gasteiger partial charge in [0.15, 0.2) is 0 Å². The first-order valence-corrected chi connectivity index (χ1v) is 8.40. The Morgan fingerprint density at radius 3 is 2.60 bits per heavy atom. The van der Waals surface area contributed by atoms with Crippen molar-refractivity contribution in [3.8, 4) is 0 Å². The highest BCUT2D eigenvalue weighted by Gasteiger charge is 2.19. The Bertz CT molecular complexity index is 592. The first-order valence-electron chi connectivity index (χ1n) is 6.90. The minimum atomic E-state index is 0.411. The SMILES string of the molecule is CCc1nn(C)c(CC(CBr)c2ccccc2C)c1Cl. The summed E-state index contributed by atoms with van der Waals surface area (Å²) in [7, 11) is 1.98. The van der Waals surface area contributed by atoms with E-state index in [9.17, 15) is 0 Å². The van der Waals surface area contributed by atoms with E-state index in [-0.39, 0.29) is 0 Å². The van der Waals surface area contributed by atoms with E-state index < -0.39 is 0 Å². The average Bonchev–Trinajstić information content (AvgIpc) is 2.72. The summed E-state index contributed by atoms with van der Waals surface area (Å²) in [5, 5.41) is 6.25. The largest absolute Gasteiger partial charge is 0.271 e. The minimum absolute atomic E-state index is 0.411. The van der Waals surface area contributed by atoms with Crippen LogP contribution < -0.4 is 0 Å². The zero-order valence-corrected chi connectivity index (χ0v) is 14.5. The fourth-order valence-electron chi connectivity index (χ4n) is 2.57. The van der Waals surface area contributed by atoms with Gasteiger partial charge in [-0.3, -0.25) is 4.68 Å². The molecule has 1 heterocycles. The van der Waals surface area contributed by atoms with Crippen molar-refractivity contribution >= 4 is 27.5 Å². The standard InChI is InChI=1S/C16H20BrClN2/c1-4-14-16(18)15(20(3)19-14)9-12(10-17)13-8-6-5-7-11(13)2/h5-8,12H,4,9-10H2,1-3H3. The third kappa shape index (κ3) is 3.09. The normalized spacial score (nSPS) is 12.7. The van der Waals surface area contributed by atoms with Crippen LogP contribution in [0.5, 0.6) is 0 Å². The maximum absolute atomic E-state index is 6.46. The van der Waals surface area contributed by atoms with Crippen molar-refractivity contribution in [3.05, 3.63) is 51.8 Å². The summed E-state index contributed by atoms with van der Waals surface area (Å²) < 4.78 is 1.93. The van der Waals surface area contributed by atoms with E-state index in [0.29, 0.717) is 5.92 Å². The van der Waals surface area contributed by atoms with Crippen LogP contribution in [0.25, 0.3) is 0 Å². The molecule has 0 aliphatic heterocycles. The summed E-state index contributed by atoms with van der Waals surface area (Å²) >= 11 is 10.1. The molecule has 1 unspecified atom stereocenters. The lowest BCUT2D eigenvalue weighted by Gasteiger charge is -2.17. The van der Waals surface area contributed by atoms with E-state index in [4.69, 9.17) is 11.6 Å². The van der Waals surface area contributed by atoms with Crippen molar-refractivity contribution in [3.63, 3.8) is 0 Å². The number of alkyl halides is 1. The zero-order valence-electron chi connectivity index (χ0n) is 12.2. The Morgan fingerprint density at radius 2 is 2.05 bits per heavy atom. The first kappa shape index (κ1) is 15.6. The molecule has 0 saturated carbocycles. The highest BCUT2D eigenvalue weighted by Crippen LogP contribution is 2.30. The zero-order chi connectivity index (χ0) is 14.7. The van der Waals surface area contributed by atoms with Crippen LogP contribution in [0.4, 0.5) is 0 Å². The quantitative estimate of drug-likeness (QED) is 0.713. The molecule has 0 fully saturated rings. The highest BCUT2D eigenvalue weighted by atomic mass is 79.9. The lowest BCUT2D eigenvalue weighted by molar-refractivity contribution is 0.656. The van der Waals surface area contributed by atoms with Gasteiger partial charge in [-0.1, -0.05) is 58.7 Å². The van der Waals surface area contributed by atoms with Gasteiger partial charge in [0.05, 0.1) is 16.4 Å². The molecular weight excluding hydrogens is 336 g/mol. The molecule has 0 aliphatic carbocycles. The third-order valence-electron chi connectivity index (χ3n) is 3.76. The Labute approximate surface area is 134 Å². The number of hydrogen-bond donors (Lipinski definition) is 0. The smallest absolute Gasteiger partial charge is 0.0849 e. The van der Waals surface area contributed by atoms with Crippen molar-refractivity contribution in [1.29, 1.82) is 0 Å². The van der Waals surface area contributed by atoms with Crippen LogP contribution in [-0.4, -0.2) is 15.1 Å². The number of rotatable bonds is 5. The van der Waals surface area contributed by atoms with Crippen LogP contribution in [0.3, 0.4) is 0 Å². The van der Waals surface area contributed by atoms with E-state index in [2.05, 4.69) is 59.1 Å². The number of nitrogens with zero attached hydrogens (tertiary/aromatic N) is 2. The molecule has 2 nitrogen and oxygen atoms in total. The maximum Gasteiger partial charge on any atom is 0.0849 e. The number of halogens is 2. The molecular formula is C16H20BrClN2. The molecule has 0 radical (unpaired) electrons. The van der Waals surface area contributed by atoms with Crippen molar-refractivity contribution in [2.45, 2.75) is 32.6 Å². The first-order chi connectivity index (χ1) is 9.58. The second-order valence-corrected chi connectivity index (χ2v) is 6.12. The monoisotopic (exact) mass is 354 g/mol. The lowest BCUT2D eigenvalue weighted by atomic mass is 9.92. The van der Waals surface area contributed by atoms with Gasteiger partial charge in [0, 0.05) is 12.4 Å². The number of aromatic nitrogens is 2. The van der Waals surface area contributed by atoms with Gasteiger partial charge in [0.2, 0.25) is 0 Å². The van der Waals surface area contributed by atoms with E-state index >= 15 is 0 Å². The van der Waals surface area contributed by atoms with Gasteiger partial charge in [-0.25, -0.2) is 0 Å². The molecule has 0 bridgehead atoms. The summed E-state index contributed by atoms with van der Waals surface area (Å²) in [6, 6.07) is 8.54. The van der Waals surface area contributed by atoms with Crippen LogP contribution in [0.1, 0.15) is 35.4 Å². The van der Waals surface area contributed by atoms with E-state index in [1.807, 2.05) is 11.7 Å². The predicted molar refractivity (Wildman–Crippen MR) is 89.0 cm³/mol. The summed E-state index contributed by atoms with van der Waals surface area (Å²) in [5.74, 6) is 0.411. The molecule has 1 aromatic heterocycles. The van der Waals surface area contributed by atoms with E-state index in [1.165, 1.54) is 11.1 Å². The van der Waals surface area contributed by atoms with Gasteiger partial charge in [-0.2, -0.15) is 5.10 Å². The third-order valence-corrected chi connectivity index (χ3v) is 4.98. The number of aryl methyl sites for hydroxylation is 3. The van der Waals surface area contributed by atoms with Crippen LogP contribution in [-0.2, 0) is 19.9 Å². The molecule has 20 heavy (non-hydrogen) atoms. The number of benzene rings is 1. The maximum atomic E-state index is 6.46. The minimum Gasteiger partial charge on any atom is -0.271 e. The Morgan fingerprint density at radius 1 is 1.35 bits per heavy atom. The molecule has 2 rings (SSSR count).